The minimum atomic E-state index is -0.239. The highest BCUT2D eigenvalue weighted by molar-refractivity contribution is 7.99. The largest absolute Gasteiger partial charge is 0.372 e. The van der Waals surface area contributed by atoms with Crippen LogP contribution >= 0.6 is 11.8 Å². The molecule has 1 aliphatic rings. The van der Waals surface area contributed by atoms with Gasteiger partial charge in [0.25, 0.3) is 0 Å². The summed E-state index contributed by atoms with van der Waals surface area (Å²) in [5.41, 5.74) is 2.19. The maximum atomic E-state index is 13.1. The van der Waals surface area contributed by atoms with E-state index in [0.717, 1.165) is 16.7 Å². The molecule has 2 N–H and O–H groups in total. The Morgan fingerprint density at radius 1 is 1.21 bits per heavy atom. The molecule has 7 nitrogen and oxygen atoms in total. The van der Waals surface area contributed by atoms with Crippen molar-refractivity contribution in [1.82, 2.24) is 9.97 Å². The van der Waals surface area contributed by atoms with E-state index >= 15 is 0 Å². The lowest BCUT2D eigenvalue weighted by molar-refractivity contribution is -0.117. The van der Waals surface area contributed by atoms with E-state index in [4.69, 9.17) is 0 Å². The van der Waals surface area contributed by atoms with Gasteiger partial charge < -0.3 is 15.5 Å². The molecular formula is C21H21N5O2S. The van der Waals surface area contributed by atoms with E-state index in [1.54, 1.807) is 4.90 Å². The van der Waals surface area contributed by atoms with Crippen LogP contribution in [-0.2, 0) is 9.59 Å². The summed E-state index contributed by atoms with van der Waals surface area (Å²) in [6.45, 7) is 1.88. The molecule has 2 aromatic carbocycles. The normalized spacial score (nSPS) is 16.1. The molecule has 0 saturated carbocycles. The third-order valence-corrected chi connectivity index (χ3v) is 5.60. The maximum Gasteiger partial charge on any atom is 0.237 e. The minimum absolute atomic E-state index is 0.0887. The zero-order valence-electron chi connectivity index (χ0n) is 16.2. The summed E-state index contributed by atoms with van der Waals surface area (Å²) in [4.78, 5) is 36.0. The number of thioether (sulfide) groups is 1. The van der Waals surface area contributed by atoms with Crippen LogP contribution in [0.2, 0.25) is 0 Å². The van der Waals surface area contributed by atoms with Crippen molar-refractivity contribution in [3.05, 3.63) is 48.5 Å². The number of benzene rings is 2. The average molecular weight is 407 g/mol. The molecule has 2 heterocycles. The number of fused-ring (bicyclic) bond motifs is 2. The standard InChI is InChI=1S/C21H21N5O2S/c1-13-11-18(27)23-16-9-5-6-10-17(16)26(13)19(28)12-29-21-24-15-8-4-3-7-14(15)20(22-2)25-21/h3-10,13H,11-12H2,1-2H3,(H,23,27)(H,22,24,25). The minimum Gasteiger partial charge on any atom is -0.372 e. The number of anilines is 3. The van der Waals surface area contributed by atoms with E-state index in [9.17, 15) is 9.59 Å². The van der Waals surface area contributed by atoms with Gasteiger partial charge >= 0.3 is 0 Å². The van der Waals surface area contributed by atoms with Crippen molar-refractivity contribution in [3.63, 3.8) is 0 Å². The van der Waals surface area contributed by atoms with Gasteiger partial charge in [-0.1, -0.05) is 36.0 Å². The Hall–Kier alpha value is -3.13. The summed E-state index contributed by atoms with van der Waals surface area (Å²) >= 11 is 1.29. The molecule has 0 spiro atoms. The second kappa shape index (κ2) is 8.08. The highest BCUT2D eigenvalue weighted by Crippen LogP contribution is 2.32. The molecule has 1 aromatic heterocycles. The molecule has 2 amide bonds. The van der Waals surface area contributed by atoms with Gasteiger partial charge in [-0.05, 0) is 31.2 Å². The number of carbonyl (C=O) groups is 2. The van der Waals surface area contributed by atoms with Gasteiger partial charge in [-0.25, -0.2) is 9.97 Å². The molecule has 4 rings (SSSR count). The van der Waals surface area contributed by atoms with Crippen LogP contribution in [0.15, 0.2) is 53.7 Å². The Labute approximate surface area is 172 Å². The summed E-state index contributed by atoms with van der Waals surface area (Å²) in [5, 5.41) is 7.43. The first-order valence-electron chi connectivity index (χ1n) is 9.35. The van der Waals surface area contributed by atoms with Gasteiger partial charge in [-0.3, -0.25) is 9.59 Å². The lowest BCUT2D eigenvalue weighted by atomic mass is 10.2. The van der Waals surface area contributed by atoms with Gasteiger partial charge in [0.15, 0.2) is 5.16 Å². The SMILES string of the molecule is CNc1nc(SCC(=O)N2c3ccccc3NC(=O)CC2C)nc2ccccc12. The fourth-order valence-electron chi connectivity index (χ4n) is 3.47. The van der Waals surface area contributed by atoms with E-state index in [0.29, 0.717) is 16.5 Å². The van der Waals surface area contributed by atoms with Crippen LogP contribution in [0, 0.1) is 0 Å². The molecule has 1 atom stereocenters. The van der Waals surface area contributed by atoms with Crippen LogP contribution < -0.4 is 15.5 Å². The van der Waals surface area contributed by atoms with Crippen molar-refractivity contribution < 1.29 is 9.59 Å². The van der Waals surface area contributed by atoms with Gasteiger partial charge in [-0.15, -0.1) is 0 Å². The topological polar surface area (TPSA) is 87.2 Å². The van der Waals surface area contributed by atoms with Crippen molar-refractivity contribution in [2.45, 2.75) is 24.5 Å². The first-order chi connectivity index (χ1) is 14.1. The van der Waals surface area contributed by atoms with E-state index in [1.807, 2.05) is 62.5 Å². The van der Waals surface area contributed by atoms with Crippen LogP contribution in [-0.4, -0.2) is 40.6 Å². The Bertz CT molecular complexity index is 1090. The zero-order valence-corrected chi connectivity index (χ0v) is 17.0. The van der Waals surface area contributed by atoms with Crippen LogP contribution in [0.1, 0.15) is 13.3 Å². The molecule has 1 unspecified atom stereocenters. The third-order valence-electron chi connectivity index (χ3n) is 4.77. The van der Waals surface area contributed by atoms with E-state index in [-0.39, 0.29) is 30.0 Å². The molecule has 1 aliphatic heterocycles. The molecule has 0 radical (unpaired) electrons. The number of carbonyl (C=O) groups excluding carboxylic acids is 2. The first kappa shape index (κ1) is 19.2. The fraction of sp³-hybridized carbons (Fsp3) is 0.238. The molecular weight excluding hydrogens is 386 g/mol. The van der Waals surface area contributed by atoms with E-state index in [1.165, 1.54) is 11.8 Å². The van der Waals surface area contributed by atoms with Crippen molar-refractivity contribution in [2.75, 3.05) is 28.3 Å². The van der Waals surface area contributed by atoms with Crippen molar-refractivity contribution in [3.8, 4) is 0 Å². The van der Waals surface area contributed by atoms with Crippen molar-refractivity contribution in [1.29, 1.82) is 0 Å². The summed E-state index contributed by atoms with van der Waals surface area (Å²) in [7, 11) is 1.81. The number of nitrogens with zero attached hydrogens (tertiary/aromatic N) is 3. The van der Waals surface area contributed by atoms with Crippen LogP contribution in [0.4, 0.5) is 17.2 Å². The van der Waals surface area contributed by atoms with Gasteiger partial charge in [0.1, 0.15) is 5.82 Å². The highest BCUT2D eigenvalue weighted by Gasteiger charge is 2.29. The summed E-state index contributed by atoms with van der Waals surface area (Å²) in [6.07, 6.45) is 0.251. The molecule has 3 aromatic rings. The highest BCUT2D eigenvalue weighted by atomic mass is 32.2. The lowest BCUT2D eigenvalue weighted by Gasteiger charge is -2.27. The summed E-state index contributed by atoms with van der Waals surface area (Å²) in [6, 6.07) is 14.9. The zero-order chi connectivity index (χ0) is 20.4. The predicted molar refractivity (Wildman–Crippen MR) is 116 cm³/mol. The molecule has 29 heavy (non-hydrogen) atoms. The number of para-hydroxylation sites is 3. The molecule has 8 heteroatoms. The van der Waals surface area contributed by atoms with E-state index < -0.39 is 0 Å². The van der Waals surface area contributed by atoms with Gasteiger partial charge in [0.2, 0.25) is 11.8 Å². The summed E-state index contributed by atoms with van der Waals surface area (Å²) in [5.74, 6) is 0.724. The number of aromatic nitrogens is 2. The Balaban J connectivity index is 1.58. The molecule has 0 bridgehead atoms. The molecule has 0 aliphatic carbocycles. The number of hydrogen-bond acceptors (Lipinski definition) is 6. The second-order valence-corrected chi connectivity index (χ2v) is 7.74. The van der Waals surface area contributed by atoms with Crippen LogP contribution in [0.5, 0.6) is 0 Å². The Morgan fingerprint density at radius 3 is 2.79 bits per heavy atom. The van der Waals surface area contributed by atoms with Crippen LogP contribution in [0.25, 0.3) is 10.9 Å². The third kappa shape index (κ3) is 3.88. The predicted octanol–water partition coefficient (Wildman–Crippen LogP) is 3.53. The van der Waals surface area contributed by atoms with E-state index in [2.05, 4.69) is 20.6 Å². The number of rotatable bonds is 4. The Morgan fingerprint density at radius 2 is 1.97 bits per heavy atom. The average Bonchev–Trinajstić information content (AvgIpc) is 2.85. The lowest BCUT2D eigenvalue weighted by Crippen LogP contribution is -2.40. The van der Waals surface area contributed by atoms with Crippen molar-refractivity contribution in [2.24, 2.45) is 0 Å². The molecule has 148 valence electrons. The molecule has 0 fully saturated rings. The second-order valence-electron chi connectivity index (χ2n) is 6.79. The number of amides is 2. The van der Waals surface area contributed by atoms with Gasteiger partial charge in [0.05, 0.1) is 22.6 Å². The number of nitrogens with one attached hydrogen (secondary N) is 2. The number of hydrogen-bond donors (Lipinski definition) is 2. The van der Waals surface area contributed by atoms with Crippen molar-refractivity contribution >= 4 is 51.7 Å². The van der Waals surface area contributed by atoms with Gasteiger partial charge in [-0.2, -0.15) is 0 Å². The first-order valence-corrected chi connectivity index (χ1v) is 10.3. The monoisotopic (exact) mass is 407 g/mol. The quantitative estimate of drug-likeness (QED) is 0.508. The van der Waals surface area contributed by atoms with Gasteiger partial charge in [0, 0.05) is 24.9 Å². The fourth-order valence-corrected chi connectivity index (χ4v) is 4.18. The maximum absolute atomic E-state index is 13.1. The Kier molecular flexibility index (Phi) is 5.35. The smallest absolute Gasteiger partial charge is 0.237 e. The van der Waals surface area contributed by atoms with Crippen LogP contribution in [0.3, 0.4) is 0 Å². The molecule has 0 saturated heterocycles. The summed E-state index contributed by atoms with van der Waals surface area (Å²) < 4.78 is 0.